The van der Waals surface area contributed by atoms with E-state index in [0.717, 1.165) is 32.1 Å². The summed E-state index contributed by atoms with van der Waals surface area (Å²) in [5.74, 6) is -0.998. The third-order valence-electron chi connectivity index (χ3n) is 5.59. The number of rotatable bonds is 27. The third kappa shape index (κ3) is 30.7. The topological polar surface area (TPSA) is 134 Å². The van der Waals surface area contributed by atoms with Crippen LogP contribution in [0.3, 0.4) is 0 Å². The van der Waals surface area contributed by atoms with Crippen molar-refractivity contribution in [3.8, 4) is 0 Å². The highest BCUT2D eigenvalue weighted by Crippen LogP contribution is 2.43. The van der Waals surface area contributed by atoms with Crippen LogP contribution in [-0.2, 0) is 32.7 Å². The number of nitrogens with two attached hydrogens (primary N) is 1. The van der Waals surface area contributed by atoms with Crippen LogP contribution in [0.4, 0.5) is 0 Å². The molecule has 3 N–H and O–H groups in total. The Kier molecular flexibility index (Phi) is 28.8. The maximum Gasteiger partial charge on any atom is 0.472 e. The fraction of sp³-hybridized carbons (Fsp3) is 0.486. The van der Waals surface area contributed by atoms with Crippen LogP contribution in [0.2, 0.25) is 0 Å². The summed E-state index contributed by atoms with van der Waals surface area (Å²) in [5, 5.41) is 0. The maximum atomic E-state index is 12.4. The van der Waals surface area contributed by atoms with Crippen LogP contribution in [0.25, 0.3) is 0 Å². The van der Waals surface area contributed by atoms with Gasteiger partial charge in [-0.1, -0.05) is 111 Å². The number of ether oxygens (including phenoxy) is 2. The molecule has 0 aromatic rings. The zero-order chi connectivity index (χ0) is 33.3. The Morgan fingerprint density at radius 1 is 0.689 bits per heavy atom. The number of carbonyl (C=O) groups excluding carboxylic acids is 2. The van der Waals surface area contributed by atoms with E-state index in [0.29, 0.717) is 19.3 Å². The summed E-state index contributed by atoms with van der Waals surface area (Å²) in [5.41, 5.74) is 5.30. The van der Waals surface area contributed by atoms with Gasteiger partial charge in [0.1, 0.15) is 6.61 Å². The van der Waals surface area contributed by atoms with Crippen molar-refractivity contribution >= 4 is 19.8 Å². The van der Waals surface area contributed by atoms with Gasteiger partial charge in [0.25, 0.3) is 0 Å². The van der Waals surface area contributed by atoms with Crippen LogP contribution in [-0.4, -0.2) is 49.3 Å². The summed E-state index contributed by atoms with van der Waals surface area (Å²) in [6, 6.07) is 0. The predicted octanol–water partition coefficient (Wildman–Crippen LogP) is 7.92. The second kappa shape index (κ2) is 30.9. The standard InChI is InChI=1S/C35H54NO8P/c1-3-5-7-9-11-13-15-16-18-20-22-24-26-28-35(38)44-33(32-43-45(39,40)42-30-29-36)31-41-34(37)27-25-23-21-19-17-14-12-10-8-6-4-2/h5-9,11-16,18-22,33H,3-4,10,17,23-32,36H2,1-2H3,(H,39,40)/b7-5+,8-6+,11-9+,14-12+,15-13+,18-16+,21-19+,22-20+. The fourth-order valence-corrected chi connectivity index (χ4v) is 4.10. The van der Waals surface area contributed by atoms with Crippen molar-refractivity contribution in [2.75, 3.05) is 26.4 Å². The summed E-state index contributed by atoms with van der Waals surface area (Å²) in [6.45, 7) is 3.25. The first-order valence-electron chi connectivity index (χ1n) is 15.8. The Labute approximate surface area is 270 Å². The number of phosphoric ester groups is 1. The minimum absolute atomic E-state index is 0.0295. The molecule has 252 valence electrons. The normalized spacial score (nSPS) is 14.8. The molecule has 0 amide bonds. The van der Waals surface area contributed by atoms with Crippen molar-refractivity contribution in [2.45, 2.75) is 84.2 Å². The minimum Gasteiger partial charge on any atom is -0.462 e. The number of unbranched alkanes of at least 4 members (excludes halogenated alkanes) is 2. The maximum absolute atomic E-state index is 12.4. The van der Waals surface area contributed by atoms with E-state index in [-0.39, 0.29) is 32.6 Å². The minimum atomic E-state index is -4.40. The Morgan fingerprint density at radius 3 is 1.84 bits per heavy atom. The van der Waals surface area contributed by atoms with E-state index in [1.165, 1.54) is 0 Å². The molecule has 0 fully saturated rings. The zero-order valence-corrected chi connectivity index (χ0v) is 27.9. The van der Waals surface area contributed by atoms with Gasteiger partial charge in [-0.15, -0.1) is 0 Å². The van der Waals surface area contributed by atoms with E-state index in [2.05, 4.69) is 50.3 Å². The molecule has 0 aliphatic rings. The fourth-order valence-electron chi connectivity index (χ4n) is 3.33. The molecule has 2 atom stereocenters. The molecule has 0 spiro atoms. The highest BCUT2D eigenvalue weighted by molar-refractivity contribution is 7.47. The van der Waals surface area contributed by atoms with E-state index >= 15 is 0 Å². The molecule has 0 saturated heterocycles. The van der Waals surface area contributed by atoms with Gasteiger partial charge in [-0.3, -0.25) is 18.6 Å². The second-order valence-corrected chi connectivity index (χ2v) is 11.1. The van der Waals surface area contributed by atoms with Crippen molar-refractivity contribution in [1.82, 2.24) is 0 Å². The second-order valence-electron chi connectivity index (χ2n) is 9.68. The third-order valence-corrected chi connectivity index (χ3v) is 6.58. The largest absolute Gasteiger partial charge is 0.472 e. The molecule has 0 aliphatic heterocycles. The highest BCUT2D eigenvalue weighted by Gasteiger charge is 2.25. The molecule has 0 aliphatic carbocycles. The Bertz CT molecular complexity index is 1060. The molecule has 0 radical (unpaired) electrons. The number of allylic oxidation sites excluding steroid dienone is 16. The summed E-state index contributed by atoms with van der Waals surface area (Å²) in [6.07, 6.45) is 37.6. The van der Waals surface area contributed by atoms with Crippen LogP contribution in [0.15, 0.2) is 97.2 Å². The lowest BCUT2D eigenvalue weighted by Crippen LogP contribution is -2.29. The van der Waals surface area contributed by atoms with Crippen LogP contribution in [0.1, 0.15) is 78.1 Å². The summed E-state index contributed by atoms with van der Waals surface area (Å²) in [4.78, 5) is 34.4. The smallest absolute Gasteiger partial charge is 0.462 e. The number of hydrogen-bond donors (Lipinski definition) is 2. The Morgan fingerprint density at radius 2 is 1.22 bits per heavy atom. The lowest BCUT2D eigenvalue weighted by atomic mass is 10.2. The molecular weight excluding hydrogens is 593 g/mol. The van der Waals surface area contributed by atoms with E-state index < -0.39 is 32.5 Å². The van der Waals surface area contributed by atoms with Gasteiger partial charge in [0.05, 0.1) is 13.2 Å². The van der Waals surface area contributed by atoms with Crippen molar-refractivity contribution < 1.29 is 37.6 Å². The molecule has 2 unspecified atom stereocenters. The van der Waals surface area contributed by atoms with Gasteiger partial charge in [-0.05, 0) is 51.4 Å². The Balaban J connectivity index is 4.58. The molecule has 9 nitrogen and oxygen atoms in total. The number of hydrogen-bond acceptors (Lipinski definition) is 8. The molecule has 10 heteroatoms. The van der Waals surface area contributed by atoms with E-state index in [1.54, 1.807) is 0 Å². The SMILES string of the molecule is CC/C=C/C=C/C=C/C=C/C=C/CCCC(=O)OC(COC(=O)CCC/C=C/C/C=C/C/C=C/CC)COP(=O)(O)OCCN. The van der Waals surface area contributed by atoms with Crippen LogP contribution < -0.4 is 5.73 Å². The van der Waals surface area contributed by atoms with Crippen molar-refractivity contribution in [2.24, 2.45) is 5.73 Å². The van der Waals surface area contributed by atoms with Crippen molar-refractivity contribution in [3.05, 3.63) is 97.2 Å². The van der Waals surface area contributed by atoms with Gasteiger partial charge >= 0.3 is 19.8 Å². The van der Waals surface area contributed by atoms with E-state index in [4.69, 9.17) is 24.3 Å². The van der Waals surface area contributed by atoms with Crippen molar-refractivity contribution in [3.63, 3.8) is 0 Å². The predicted molar refractivity (Wildman–Crippen MR) is 182 cm³/mol. The number of carbonyl (C=O) groups is 2. The monoisotopic (exact) mass is 647 g/mol. The lowest BCUT2D eigenvalue weighted by molar-refractivity contribution is -0.161. The quantitative estimate of drug-likeness (QED) is 0.0300. The molecule has 0 heterocycles. The van der Waals surface area contributed by atoms with Gasteiger partial charge in [0.15, 0.2) is 6.10 Å². The molecule has 0 rings (SSSR count). The molecule has 0 bridgehead atoms. The van der Waals surface area contributed by atoms with Crippen LogP contribution >= 0.6 is 7.82 Å². The van der Waals surface area contributed by atoms with Gasteiger partial charge in [-0.25, -0.2) is 4.57 Å². The first-order valence-corrected chi connectivity index (χ1v) is 17.3. The summed E-state index contributed by atoms with van der Waals surface area (Å²) in [7, 11) is -4.40. The van der Waals surface area contributed by atoms with Gasteiger partial charge in [0, 0.05) is 19.4 Å². The summed E-state index contributed by atoms with van der Waals surface area (Å²) < 4.78 is 32.3. The average Bonchev–Trinajstić information content (AvgIpc) is 3.02. The van der Waals surface area contributed by atoms with Crippen LogP contribution in [0, 0.1) is 0 Å². The first kappa shape index (κ1) is 41.9. The van der Waals surface area contributed by atoms with Gasteiger partial charge in [-0.2, -0.15) is 0 Å². The summed E-state index contributed by atoms with van der Waals surface area (Å²) >= 11 is 0. The first-order chi connectivity index (χ1) is 21.8. The van der Waals surface area contributed by atoms with Crippen LogP contribution in [0.5, 0.6) is 0 Å². The molecule has 45 heavy (non-hydrogen) atoms. The van der Waals surface area contributed by atoms with E-state index in [9.17, 15) is 19.0 Å². The highest BCUT2D eigenvalue weighted by atomic mass is 31.2. The molecular formula is C35H54NO8P. The van der Waals surface area contributed by atoms with Gasteiger partial charge in [0.2, 0.25) is 0 Å². The Hall–Kier alpha value is -3.07. The molecule has 0 aromatic heterocycles. The molecule has 0 aromatic carbocycles. The lowest BCUT2D eigenvalue weighted by Gasteiger charge is -2.19. The zero-order valence-electron chi connectivity index (χ0n) is 27.0. The number of esters is 2. The van der Waals surface area contributed by atoms with Crippen molar-refractivity contribution in [1.29, 1.82) is 0 Å². The number of phosphoric acid groups is 1. The van der Waals surface area contributed by atoms with Gasteiger partial charge < -0.3 is 20.1 Å². The molecule has 0 saturated carbocycles. The average molecular weight is 648 g/mol. The van der Waals surface area contributed by atoms with E-state index in [1.807, 2.05) is 60.8 Å².